The van der Waals surface area contributed by atoms with Gasteiger partial charge < -0.3 is 15.0 Å². The van der Waals surface area contributed by atoms with Crippen molar-refractivity contribution in [3.8, 4) is 5.75 Å². The molecule has 0 radical (unpaired) electrons. The van der Waals surface area contributed by atoms with Crippen molar-refractivity contribution in [3.63, 3.8) is 0 Å². The van der Waals surface area contributed by atoms with Crippen molar-refractivity contribution in [2.75, 3.05) is 32.6 Å². The molecule has 0 saturated heterocycles. The molecular formula is C14H21N5O. The predicted octanol–water partition coefficient (Wildman–Crippen LogP) is 1.14. The van der Waals surface area contributed by atoms with Gasteiger partial charge in [-0.05, 0) is 19.2 Å². The molecule has 108 valence electrons. The summed E-state index contributed by atoms with van der Waals surface area (Å²) in [6.45, 7) is 2.39. The number of hydrogen-bond donors (Lipinski definition) is 1. The highest BCUT2D eigenvalue weighted by Crippen LogP contribution is 2.19. The van der Waals surface area contributed by atoms with E-state index in [1.807, 2.05) is 36.1 Å². The summed E-state index contributed by atoms with van der Waals surface area (Å²) in [5, 5.41) is 11.3. The van der Waals surface area contributed by atoms with Crippen LogP contribution in [0.5, 0.6) is 5.75 Å². The smallest absolute Gasteiger partial charge is 0.120 e. The Bertz CT molecular complexity index is 540. The maximum atomic E-state index is 5.24. The molecule has 0 aliphatic rings. The average Bonchev–Trinajstić information content (AvgIpc) is 2.93. The van der Waals surface area contributed by atoms with Gasteiger partial charge in [0.1, 0.15) is 5.75 Å². The van der Waals surface area contributed by atoms with Crippen LogP contribution < -0.4 is 15.0 Å². The molecule has 1 aromatic carbocycles. The summed E-state index contributed by atoms with van der Waals surface area (Å²) in [5.41, 5.74) is 2.08. The second-order valence-electron chi connectivity index (χ2n) is 4.63. The molecule has 6 heteroatoms. The fourth-order valence-electron chi connectivity index (χ4n) is 1.94. The van der Waals surface area contributed by atoms with E-state index < -0.39 is 0 Å². The quantitative estimate of drug-likeness (QED) is 0.821. The van der Waals surface area contributed by atoms with Crippen molar-refractivity contribution < 1.29 is 4.74 Å². The SMILES string of the molecule is CNCc1cn(CCN(C)c2cccc(OC)c2)nn1. The molecule has 2 rings (SSSR count). The minimum atomic E-state index is 0.742. The molecule has 1 N–H and O–H groups in total. The fourth-order valence-corrected chi connectivity index (χ4v) is 1.94. The van der Waals surface area contributed by atoms with E-state index in [0.29, 0.717) is 0 Å². The van der Waals surface area contributed by atoms with Gasteiger partial charge in [0, 0.05) is 38.1 Å². The predicted molar refractivity (Wildman–Crippen MR) is 79.0 cm³/mol. The summed E-state index contributed by atoms with van der Waals surface area (Å²) < 4.78 is 7.10. The standard InChI is InChI=1S/C14H21N5O/c1-15-10-12-11-19(17-16-12)8-7-18(2)13-5-4-6-14(9-13)20-3/h4-6,9,11,15H,7-8,10H2,1-3H3. The van der Waals surface area contributed by atoms with Gasteiger partial charge in [0.05, 0.1) is 19.3 Å². The normalized spacial score (nSPS) is 10.6. The number of benzene rings is 1. The van der Waals surface area contributed by atoms with Crippen molar-refractivity contribution in [2.45, 2.75) is 13.1 Å². The summed E-state index contributed by atoms with van der Waals surface area (Å²) in [6, 6.07) is 8.02. The molecular weight excluding hydrogens is 254 g/mol. The highest BCUT2D eigenvalue weighted by Gasteiger charge is 2.04. The lowest BCUT2D eigenvalue weighted by molar-refractivity contribution is 0.415. The molecule has 2 aromatic rings. The Morgan fingerprint density at radius 1 is 1.40 bits per heavy atom. The summed E-state index contributed by atoms with van der Waals surface area (Å²) in [5.74, 6) is 0.867. The molecule has 20 heavy (non-hydrogen) atoms. The fraction of sp³-hybridized carbons (Fsp3) is 0.429. The first-order chi connectivity index (χ1) is 9.72. The van der Waals surface area contributed by atoms with E-state index in [0.717, 1.165) is 36.8 Å². The molecule has 0 bridgehead atoms. The molecule has 1 aromatic heterocycles. The van der Waals surface area contributed by atoms with Crippen LogP contribution in [0.3, 0.4) is 0 Å². The number of nitrogens with one attached hydrogen (secondary N) is 1. The number of methoxy groups -OCH3 is 1. The largest absolute Gasteiger partial charge is 0.497 e. The van der Waals surface area contributed by atoms with Gasteiger partial charge in [-0.25, -0.2) is 0 Å². The van der Waals surface area contributed by atoms with E-state index in [-0.39, 0.29) is 0 Å². The van der Waals surface area contributed by atoms with E-state index in [9.17, 15) is 0 Å². The maximum absolute atomic E-state index is 5.24. The van der Waals surface area contributed by atoms with Gasteiger partial charge in [0.2, 0.25) is 0 Å². The van der Waals surface area contributed by atoms with Crippen LogP contribution in [-0.2, 0) is 13.1 Å². The minimum absolute atomic E-state index is 0.742. The zero-order valence-corrected chi connectivity index (χ0v) is 12.2. The van der Waals surface area contributed by atoms with Crippen molar-refractivity contribution in [2.24, 2.45) is 0 Å². The number of anilines is 1. The Kier molecular flexibility index (Phi) is 4.95. The third kappa shape index (κ3) is 3.71. The average molecular weight is 275 g/mol. The number of hydrogen-bond acceptors (Lipinski definition) is 5. The van der Waals surface area contributed by atoms with Gasteiger partial charge in [0.25, 0.3) is 0 Å². The van der Waals surface area contributed by atoms with Crippen molar-refractivity contribution >= 4 is 5.69 Å². The number of rotatable bonds is 7. The molecule has 0 unspecified atom stereocenters. The third-order valence-electron chi connectivity index (χ3n) is 3.10. The minimum Gasteiger partial charge on any atom is -0.497 e. The first kappa shape index (κ1) is 14.3. The van der Waals surface area contributed by atoms with Gasteiger partial charge in [-0.3, -0.25) is 4.68 Å². The van der Waals surface area contributed by atoms with Crippen molar-refractivity contribution in [1.82, 2.24) is 20.3 Å². The summed E-state index contributed by atoms with van der Waals surface area (Å²) >= 11 is 0. The highest BCUT2D eigenvalue weighted by molar-refractivity contribution is 5.49. The second kappa shape index (κ2) is 6.91. The topological polar surface area (TPSA) is 55.2 Å². The van der Waals surface area contributed by atoms with Crippen molar-refractivity contribution in [3.05, 3.63) is 36.2 Å². The Hall–Kier alpha value is -2.08. The summed E-state index contributed by atoms with van der Waals surface area (Å²) in [4.78, 5) is 2.17. The molecule has 1 heterocycles. The Balaban J connectivity index is 1.91. The highest BCUT2D eigenvalue weighted by atomic mass is 16.5. The van der Waals surface area contributed by atoms with Crippen molar-refractivity contribution in [1.29, 1.82) is 0 Å². The monoisotopic (exact) mass is 275 g/mol. The maximum Gasteiger partial charge on any atom is 0.120 e. The molecule has 0 fully saturated rings. The third-order valence-corrected chi connectivity index (χ3v) is 3.10. The van der Waals surface area contributed by atoms with Crippen LogP contribution in [0, 0.1) is 0 Å². The zero-order valence-electron chi connectivity index (χ0n) is 12.2. The lowest BCUT2D eigenvalue weighted by Crippen LogP contribution is -2.22. The Labute approximate surface area is 119 Å². The molecule has 0 spiro atoms. The number of likely N-dealkylation sites (N-methyl/N-ethyl adjacent to an activating group) is 1. The Morgan fingerprint density at radius 3 is 3.00 bits per heavy atom. The first-order valence-electron chi connectivity index (χ1n) is 6.61. The van der Waals surface area contributed by atoms with Crippen LogP contribution in [-0.4, -0.2) is 42.7 Å². The molecule has 6 nitrogen and oxygen atoms in total. The molecule has 0 atom stereocenters. The van der Waals surface area contributed by atoms with E-state index >= 15 is 0 Å². The second-order valence-corrected chi connectivity index (χ2v) is 4.63. The van der Waals surface area contributed by atoms with E-state index in [1.165, 1.54) is 0 Å². The van der Waals surface area contributed by atoms with Gasteiger partial charge in [-0.15, -0.1) is 5.10 Å². The van der Waals surface area contributed by atoms with Gasteiger partial charge in [0.15, 0.2) is 0 Å². The molecule has 0 amide bonds. The first-order valence-corrected chi connectivity index (χ1v) is 6.61. The zero-order chi connectivity index (χ0) is 14.4. The molecule has 0 saturated carbocycles. The number of nitrogens with zero attached hydrogens (tertiary/aromatic N) is 4. The van der Waals surface area contributed by atoms with E-state index in [4.69, 9.17) is 4.74 Å². The number of ether oxygens (including phenoxy) is 1. The lowest BCUT2D eigenvalue weighted by atomic mass is 10.3. The lowest BCUT2D eigenvalue weighted by Gasteiger charge is -2.19. The molecule has 0 aliphatic carbocycles. The van der Waals surface area contributed by atoms with Crippen LogP contribution >= 0.6 is 0 Å². The van der Waals surface area contributed by atoms with Crippen LogP contribution in [0.2, 0.25) is 0 Å². The van der Waals surface area contributed by atoms with Crippen LogP contribution in [0.1, 0.15) is 5.69 Å². The van der Waals surface area contributed by atoms with E-state index in [1.54, 1.807) is 7.11 Å². The van der Waals surface area contributed by atoms with Gasteiger partial charge >= 0.3 is 0 Å². The number of aromatic nitrogens is 3. The van der Waals surface area contributed by atoms with Crippen LogP contribution in [0.25, 0.3) is 0 Å². The van der Waals surface area contributed by atoms with Gasteiger partial charge in [-0.2, -0.15) is 0 Å². The van der Waals surface area contributed by atoms with Crippen LogP contribution in [0.15, 0.2) is 30.5 Å². The molecule has 0 aliphatic heterocycles. The Morgan fingerprint density at radius 2 is 2.25 bits per heavy atom. The van der Waals surface area contributed by atoms with E-state index in [2.05, 4.69) is 33.6 Å². The van der Waals surface area contributed by atoms with Gasteiger partial charge in [-0.1, -0.05) is 11.3 Å². The summed E-state index contributed by atoms with van der Waals surface area (Å²) in [6.07, 6.45) is 1.97. The van der Waals surface area contributed by atoms with Crippen LogP contribution in [0.4, 0.5) is 5.69 Å². The summed E-state index contributed by atoms with van der Waals surface area (Å²) in [7, 11) is 5.63.